The third-order valence-corrected chi connectivity index (χ3v) is 5.55. The van der Waals surface area contributed by atoms with Crippen LogP contribution in [0.2, 0.25) is 0 Å². The number of piperidine rings is 1. The zero-order valence-electron chi connectivity index (χ0n) is 17.5. The van der Waals surface area contributed by atoms with Crippen LogP contribution in [0.15, 0.2) is 54.6 Å². The van der Waals surface area contributed by atoms with Gasteiger partial charge in [-0.1, -0.05) is 42.5 Å². The Morgan fingerprint density at radius 3 is 2.57 bits per heavy atom. The molecule has 1 aliphatic heterocycles. The molecule has 0 spiro atoms. The normalized spacial score (nSPS) is 17.5. The average molecular weight is 405 g/mol. The van der Waals surface area contributed by atoms with Crippen LogP contribution in [0.25, 0.3) is 11.0 Å². The molecule has 0 saturated carbocycles. The van der Waals surface area contributed by atoms with Gasteiger partial charge in [0.15, 0.2) is 5.82 Å². The number of ether oxygens (including phenoxy) is 1. The predicted octanol–water partition coefficient (Wildman–Crippen LogP) is 4.12. The van der Waals surface area contributed by atoms with Crippen LogP contribution in [-0.2, 0) is 4.79 Å². The summed E-state index contributed by atoms with van der Waals surface area (Å²) in [7, 11) is 0. The van der Waals surface area contributed by atoms with E-state index in [0.717, 1.165) is 41.8 Å². The van der Waals surface area contributed by atoms with Crippen molar-refractivity contribution in [3.63, 3.8) is 0 Å². The van der Waals surface area contributed by atoms with E-state index in [1.165, 1.54) is 0 Å². The fourth-order valence-electron chi connectivity index (χ4n) is 3.95. The van der Waals surface area contributed by atoms with Crippen LogP contribution in [0, 0.1) is 5.92 Å². The van der Waals surface area contributed by atoms with Gasteiger partial charge in [0, 0.05) is 13.1 Å². The second kappa shape index (κ2) is 9.11. The lowest BCUT2D eigenvalue weighted by Gasteiger charge is -2.34. The fraction of sp³-hybridized carbons (Fsp3) is 0.375. The lowest BCUT2D eigenvalue weighted by atomic mass is 9.96. The number of rotatable bonds is 6. The van der Waals surface area contributed by atoms with Gasteiger partial charge in [-0.25, -0.2) is 9.97 Å². The van der Waals surface area contributed by atoms with Crippen molar-refractivity contribution >= 4 is 22.8 Å². The molecule has 2 heterocycles. The van der Waals surface area contributed by atoms with Gasteiger partial charge in [0.05, 0.1) is 29.6 Å². The van der Waals surface area contributed by atoms with Gasteiger partial charge in [-0.2, -0.15) is 0 Å². The monoisotopic (exact) mass is 404 g/mol. The first-order chi connectivity index (χ1) is 14.7. The molecular weight excluding hydrogens is 376 g/mol. The molecule has 3 aromatic rings. The predicted molar refractivity (Wildman–Crippen MR) is 119 cm³/mol. The van der Waals surface area contributed by atoms with E-state index < -0.39 is 0 Å². The SMILES string of the molecule is CCOc1nc2ccccc2nc1N1CCC[C@@H](C(=O)N[C@@H](C)c2ccccc2)C1. The van der Waals surface area contributed by atoms with Crippen molar-refractivity contribution < 1.29 is 9.53 Å². The highest BCUT2D eigenvalue weighted by molar-refractivity contribution is 5.81. The Morgan fingerprint density at radius 2 is 1.83 bits per heavy atom. The van der Waals surface area contributed by atoms with E-state index in [1.807, 2.05) is 68.4 Å². The van der Waals surface area contributed by atoms with E-state index in [-0.39, 0.29) is 17.9 Å². The van der Waals surface area contributed by atoms with Crippen LogP contribution >= 0.6 is 0 Å². The summed E-state index contributed by atoms with van der Waals surface area (Å²) in [5.74, 6) is 1.26. The highest BCUT2D eigenvalue weighted by Gasteiger charge is 2.29. The molecule has 1 saturated heterocycles. The lowest BCUT2D eigenvalue weighted by molar-refractivity contribution is -0.125. The highest BCUT2D eigenvalue weighted by atomic mass is 16.5. The number of hydrogen-bond donors (Lipinski definition) is 1. The van der Waals surface area contributed by atoms with Crippen LogP contribution in [0.3, 0.4) is 0 Å². The van der Waals surface area contributed by atoms with Crippen molar-refractivity contribution in [2.24, 2.45) is 5.92 Å². The summed E-state index contributed by atoms with van der Waals surface area (Å²) in [5.41, 5.74) is 2.76. The first kappa shape index (κ1) is 20.1. The number of para-hydroxylation sites is 2. The molecule has 6 heteroatoms. The molecular formula is C24H28N4O2. The van der Waals surface area contributed by atoms with Crippen molar-refractivity contribution in [3.05, 3.63) is 60.2 Å². The van der Waals surface area contributed by atoms with Gasteiger partial charge in [0.25, 0.3) is 5.88 Å². The third-order valence-electron chi connectivity index (χ3n) is 5.55. The largest absolute Gasteiger partial charge is 0.475 e. The van der Waals surface area contributed by atoms with Gasteiger partial charge < -0.3 is 15.0 Å². The Morgan fingerprint density at radius 1 is 1.13 bits per heavy atom. The molecule has 2 aromatic carbocycles. The van der Waals surface area contributed by atoms with Crippen molar-refractivity contribution in [3.8, 4) is 5.88 Å². The van der Waals surface area contributed by atoms with Gasteiger partial charge in [-0.3, -0.25) is 4.79 Å². The Kier molecular flexibility index (Phi) is 6.12. The molecule has 1 fully saturated rings. The number of anilines is 1. The van der Waals surface area contributed by atoms with Gasteiger partial charge in [-0.05, 0) is 44.4 Å². The Bertz CT molecular complexity index is 1010. The molecule has 1 N–H and O–H groups in total. The maximum Gasteiger partial charge on any atom is 0.258 e. The van der Waals surface area contributed by atoms with E-state index in [2.05, 4.69) is 15.2 Å². The fourth-order valence-corrected chi connectivity index (χ4v) is 3.95. The first-order valence-corrected chi connectivity index (χ1v) is 10.7. The molecule has 2 atom stereocenters. The van der Waals surface area contributed by atoms with Crippen LogP contribution < -0.4 is 15.0 Å². The zero-order valence-corrected chi connectivity index (χ0v) is 17.5. The second-order valence-electron chi connectivity index (χ2n) is 7.70. The van der Waals surface area contributed by atoms with E-state index in [4.69, 9.17) is 9.72 Å². The molecule has 30 heavy (non-hydrogen) atoms. The topological polar surface area (TPSA) is 67.4 Å². The molecule has 1 amide bonds. The molecule has 1 aromatic heterocycles. The highest BCUT2D eigenvalue weighted by Crippen LogP contribution is 2.31. The van der Waals surface area contributed by atoms with Crippen molar-refractivity contribution in [1.82, 2.24) is 15.3 Å². The number of hydrogen-bond acceptors (Lipinski definition) is 5. The number of carbonyl (C=O) groups is 1. The number of nitrogens with one attached hydrogen (secondary N) is 1. The van der Waals surface area contributed by atoms with Crippen molar-refractivity contribution in [2.75, 3.05) is 24.6 Å². The number of nitrogens with zero attached hydrogens (tertiary/aromatic N) is 3. The van der Waals surface area contributed by atoms with E-state index in [1.54, 1.807) is 0 Å². The number of fused-ring (bicyclic) bond motifs is 1. The average Bonchev–Trinajstić information content (AvgIpc) is 2.79. The summed E-state index contributed by atoms with van der Waals surface area (Å²) >= 11 is 0. The molecule has 1 aliphatic rings. The molecule has 156 valence electrons. The van der Waals surface area contributed by atoms with Gasteiger partial charge >= 0.3 is 0 Å². The van der Waals surface area contributed by atoms with E-state index >= 15 is 0 Å². The minimum Gasteiger partial charge on any atom is -0.475 e. The lowest BCUT2D eigenvalue weighted by Crippen LogP contribution is -2.44. The number of benzene rings is 2. The second-order valence-corrected chi connectivity index (χ2v) is 7.70. The number of aromatic nitrogens is 2. The summed E-state index contributed by atoms with van der Waals surface area (Å²) in [6.45, 7) is 5.94. The minimum atomic E-state index is -0.0901. The van der Waals surface area contributed by atoms with Gasteiger partial charge in [0.2, 0.25) is 5.91 Å². The maximum absolute atomic E-state index is 13.0. The summed E-state index contributed by atoms with van der Waals surface area (Å²) in [4.78, 5) is 24.6. The molecule has 0 bridgehead atoms. The number of carbonyl (C=O) groups excluding carboxylic acids is 1. The molecule has 0 radical (unpaired) electrons. The number of amides is 1. The summed E-state index contributed by atoms with van der Waals surface area (Å²) < 4.78 is 5.80. The van der Waals surface area contributed by atoms with E-state index in [0.29, 0.717) is 19.0 Å². The van der Waals surface area contributed by atoms with Crippen LogP contribution in [0.5, 0.6) is 5.88 Å². The molecule has 6 nitrogen and oxygen atoms in total. The molecule has 4 rings (SSSR count). The van der Waals surface area contributed by atoms with Crippen LogP contribution in [0.1, 0.15) is 38.3 Å². The first-order valence-electron chi connectivity index (χ1n) is 10.7. The van der Waals surface area contributed by atoms with Crippen LogP contribution in [-0.4, -0.2) is 35.6 Å². The van der Waals surface area contributed by atoms with Crippen LogP contribution in [0.4, 0.5) is 5.82 Å². The summed E-state index contributed by atoms with van der Waals surface area (Å²) in [6, 6.07) is 17.8. The standard InChI is InChI=1S/C24H28N4O2/c1-3-30-24-22(26-20-13-7-8-14-21(20)27-24)28-15-9-12-19(16-28)23(29)25-17(2)18-10-5-4-6-11-18/h4-8,10-11,13-14,17,19H,3,9,12,15-16H2,1-2H3,(H,25,29)/t17-,19+/m0/s1. The van der Waals surface area contributed by atoms with Gasteiger partial charge in [0.1, 0.15) is 0 Å². The van der Waals surface area contributed by atoms with Gasteiger partial charge in [-0.15, -0.1) is 0 Å². The Balaban J connectivity index is 1.52. The van der Waals surface area contributed by atoms with E-state index in [9.17, 15) is 4.79 Å². The molecule has 0 unspecified atom stereocenters. The maximum atomic E-state index is 13.0. The third kappa shape index (κ3) is 4.37. The van der Waals surface area contributed by atoms with Crippen molar-refractivity contribution in [1.29, 1.82) is 0 Å². The Hall–Kier alpha value is -3.15. The summed E-state index contributed by atoms with van der Waals surface area (Å²) in [5, 5.41) is 3.17. The summed E-state index contributed by atoms with van der Waals surface area (Å²) in [6.07, 6.45) is 1.80. The minimum absolute atomic E-state index is 0.0199. The Labute approximate surface area is 177 Å². The zero-order chi connectivity index (χ0) is 20.9. The van der Waals surface area contributed by atoms with Crippen molar-refractivity contribution in [2.45, 2.75) is 32.7 Å². The quantitative estimate of drug-likeness (QED) is 0.669. The molecule has 0 aliphatic carbocycles. The smallest absolute Gasteiger partial charge is 0.258 e.